The van der Waals surface area contributed by atoms with Gasteiger partial charge in [-0.3, -0.25) is 4.79 Å². The van der Waals surface area contributed by atoms with Crippen LogP contribution in [0.4, 0.5) is 5.69 Å². The fourth-order valence-corrected chi connectivity index (χ4v) is 2.25. The van der Waals surface area contributed by atoms with Crippen molar-refractivity contribution in [2.45, 2.75) is 0 Å². The molecule has 1 amide bonds. The second kappa shape index (κ2) is 9.47. The van der Waals surface area contributed by atoms with Crippen molar-refractivity contribution in [1.29, 1.82) is 0 Å². The number of ether oxygens (including phenoxy) is 5. The molecule has 0 radical (unpaired) electrons. The quantitative estimate of drug-likeness (QED) is 0.685. The van der Waals surface area contributed by atoms with Gasteiger partial charge in [-0.25, -0.2) is 4.98 Å². The SMILES string of the molecule is COCCOc1ncccc1C(=O)Nc1cc(OC)c(OC)c(OC)c1. The molecule has 0 atom stereocenters. The first-order valence-corrected chi connectivity index (χ1v) is 7.82. The van der Waals surface area contributed by atoms with Gasteiger partial charge in [0.2, 0.25) is 11.6 Å². The van der Waals surface area contributed by atoms with Gasteiger partial charge in [-0.1, -0.05) is 0 Å². The summed E-state index contributed by atoms with van der Waals surface area (Å²) >= 11 is 0. The van der Waals surface area contributed by atoms with Gasteiger partial charge in [0.05, 0.1) is 27.9 Å². The maximum absolute atomic E-state index is 12.6. The lowest BCUT2D eigenvalue weighted by atomic mass is 10.2. The van der Waals surface area contributed by atoms with Crippen molar-refractivity contribution in [1.82, 2.24) is 4.98 Å². The van der Waals surface area contributed by atoms with Crippen LogP contribution in [-0.2, 0) is 4.74 Å². The topological polar surface area (TPSA) is 88.1 Å². The monoisotopic (exact) mass is 362 g/mol. The van der Waals surface area contributed by atoms with Crippen LogP contribution in [0.1, 0.15) is 10.4 Å². The summed E-state index contributed by atoms with van der Waals surface area (Å²) in [6.45, 7) is 0.683. The Labute approximate surface area is 152 Å². The summed E-state index contributed by atoms with van der Waals surface area (Å²) in [5, 5.41) is 2.78. The molecule has 1 heterocycles. The van der Waals surface area contributed by atoms with Gasteiger partial charge >= 0.3 is 0 Å². The second-order valence-electron chi connectivity index (χ2n) is 5.07. The second-order valence-corrected chi connectivity index (χ2v) is 5.07. The third kappa shape index (κ3) is 4.54. The number of amides is 1. The maximum atomic E-state index is 12.6. The Morgan fingerprint density at radius 2 is 1.73 bits per heavy atom. The summed E-state index contributed by atoms with van der Waals surface area (Å²) in [4.78, 5) is 16.7. The summed E-state index contributed by atoms with van der Waals surface area (Å²) in [5.74, 6) is 1.17. The van der Waals surface area contributed by atoms with Crippen molar-refractivity contribution >= 4 is 11.6 Å². The molecule has 0 saturated heterocycles. The molecule has 1 aromatic carbocycles. The van der Waals surface area contributed by atoms with Gasteiger partial charge in [0.25, 0.3) is 5.91 Å². The highest BCUT2D eigenvalue weighted by atomic mass is 16.5. The van der Waals surface area contributed by atoms with Crippen LogP contribution in [0.5, 0.6) is 23.1 Å². The molecule has 2 rings (SSSR count). The number of carbonyl (C=O) groups excluding carboxylic acids is 1. The maximum Gasteiger partial charge on any atom is 0.261 e. The molecule has 0 spiro atoms. The number of hydrogen-bond donors (Lipinski definition) is 1. The minimum Gasteiger partial charge on any atom is -0.493 e. The highest BCUT2D eigenvalue weighted by Crippen LogP contribution is 2.40. The number of carbonyl (C=O) groups is 1. The highest BCUT2D eigenvalue weighted by molar-refractivity contribution is 6.06. The number of rotatable bonds is 9. The summed E-state index contributed by atoms with van der Waals surface area (Å²) in [5.41, 5.74) is 0.786. The van der Waals surface area contributed by atoms with Crippen LogP contribution in [0.15, 0.2) is 30.5 Å². The zero-order valence-corrected chi connectivity index (χ0v) is 15.2. The van der Waals surface area contributed by atoms with E-state index in [0.717, 1.165) is 0 Å². The smallest absolute Gasteiger partial charge is 0.261 e. The molecule has 0 aliphatic heterocycles. The fourth-order valence-electron chi connectivity index (χ4n) is 2.25. The van der Waals surface area contributed by atoms with Gasteiger partial charge in [0.15, 0.2) is 11.5 Å². The molecule has 0 unspecified atom stereocenters. The van der Waals surface area contributed by atoms with Crippen LogP contribution in [0.25, 0.3) is 0 Å². The largest absolute Gasteiger partial charge is 0.493 e. The molecular weight excluding hydrogens is 340 g/mol. The number of methoxy groups -OCH3 is 4. The first-order valence-electron chi connectivity index (χ1n) is 7.82. The molecule has 0 aliphatic carbocycles. The molecule has 0 aliphatic rings. The average molecular weight is 362 g/mol. The standard InChI is InChI=1S/C18H22N2O6/c1-22-8-9-26-18-13(6-5-7-19-18)17(21)20-12-10-14(23-2)16(25-4)15(11-12)24-3/h5-7,10-11H,8-9H2,1-4H3,(H,20,21). The van der Waals surface area contributed by atoms with E-state index in [2.05, 4.69) is 10.3 Å². The van der Waals surface area contributed by atoms with Crippen LogP contribution in [0.2, 0.25) is 0 Å². The first kappa shape index (κ1) is 19.3. The fraction of sp³-hybridized carbons (Fsp3) is 0.333. The minimum atomic E-state index is -0.375. The number of pyridine rings is 1. The van der Waals surface area contributed by atoms with Crippen molar-refractivity contribution in [2.75, 3.05) is 47.0 Å². The molecule has 2 aromatic rings. The minimum absolute atomic E-state index is 0.231. The molecule has 1 aromatic heterocycles. The van der Waals surface area contributed by atoms with E-state index in [0.29, 0.717) is 35.1 Å². The Hall–Kier alpha value is -3.00. The lowest BCUT2D eigenvalue weighted by Gasteiger charge is -2.15. The van der Waals surface area contributed by atoms with Crippen LogP contribution in [-0.4, -0.2) is 52.5 Å². The van der Waals surface area contributed by atoms with E-state index in [1.54, 1.807) is 37.6 Å². The molecule has 8 heteroatoms. The van der Waals surface area contributed by atoms with E-state index < -0.39 is 0 Å². The lowest BCUT2D eigenvalue weighted by Crippen LogP contribution is -2.16. The first-order chi connectivity index (χ1) is 12.6. The van der Waals surface area contributed by atoms with Gasteiger partial charge in [0, 0.05) is 31.1 Å². The Bertz CT molecular complexity index is 725. The van der Waals surface area contributed by atoms with Gasteiger partial charge < -0.3 is 29.0 Å². The van der Waals surface area contributed by atoms with E-state index >= 15 is 0 Å². The average Bonchev–Trinajstić information content (AvgIpc) is 2.67. The number of nitrogens with one attached hydrogen (secondary N) is 1. The van der Waals surface area contributed by atoms with E-state index in [1.807, 2.05) is 0 Å². The highest BCUT2D eigenvalue weighted by Gasteiger charge is 2.17. The Morgan fingerprint density at radius 1 is 1.04 bits per heavy atom. The number of anilines is 1. The summed E-state index contributed by atoms with van der Waals surface area (Å²) in [7, 11) is 6.09. The van der Waals surface area contributed by atoms with Crippen LogP contribution in [0.3, 0.4) is 0 Å². The molecule has 26 heavy (non-hydrogen) atoms. The molecule has 0 fully saturated rings. The Morgan fingerprint density at radius 3 is 2.31 bits per heavy atom. The predicted molar refractivity (Wildman–Crippen MR) is 95.7 cm³/mol. The molecule has 0 saturated carbocycles. The number of aromatic nitrogens is 1. The molecule has 1 N–H and O–H groups in total. The van der Waals surface area contributed by atoms with Crippen molar-refractivity contribution in [3.05, 3.63) is 36.0 Å². The van der Waals surface area contributed by atoms with Crippen molar-refractivity contribution < 1.29 is 28.5 Å². The van der Waals surface area contributed by atoms with Crippen LogP contribution in [0, 0.1) is 0 Å². The molecule has 140 valence electrons. The number of hydrogen-bond acceptors (Lipinski definition) is 7. The Balaban J connectivity index is 2.25. The van der Waals surface area contributed by atoms with Crippen molar-refractivity contribution in [3.63, 3.8) is 0 Å². The summed E-state index contributed by atoms with van der Waals surface area (Å²) in [6, 6.07) is 6.57. The summed E-state index contributed by atoms with van der Waals surface area (Å²) in [6.07, 6.45) is 1.55. The number of benzene rings is 1. The third-order valence-corrected chi connectivity index (χ3v) is 3.46. The van der Waals surface area contributed by atoms with Gasteiger partial charge in [-0.2, -0.15) is 0 Å². The van der Waals surface area contributed by atoms with E-state index in [1.165, 1.54) is 21.3 Å². The molecule has 8 nitrogen and oxygen atoms in total. The van der Waals surface area contributed by atoms with Gasteiger partial charge in [-0.15, -0.1) is 0 Å². The van der Waals surface area contributed by atoms with Crippen LogP contribution < -0.4 is 24.3 Å². The van der Waals surface area contributed by atoms with E-state index in [-0.39, 0.29) is 18.4 Å². The van der Waals surface area contributed by atoms with E-state index in [4.69, 9.17) is 23.7 Å². The zero-order chi connectivity index (χ0) is 18.9. The van der Waals surface area contributed by atoms with Gasteiger partial charge in [-0.05, 0) is 12.1 Å². The lowest BCUT2D eigenvalue weighted by molar-refractivity contribution is 0.101. The predicted octanol–water partition coefficient (Wildman–Crippen LogP) is 2.38. The van der Waals surface area contributed by atoms with E-state index in [9.17, 15) is 4.79 Å². The molecule has 0 bridgehead atoms. The van der Waals surface area contributed by atoms with Crippen LogP contribution >= 0.6 is 0 Å². The summed E-state index contributed by atoms with van der Waals surface area (Å²) < 4.78 is 26.3. The third-order valence-electron chi connectivity index (χ3n) is 3.46. The normalized spacial score (nSPS) is 10.2. The Kier molecular flexibility index (Phi) is 7.04. The molecular formula is C18H22N2O6. The zero-order valence-electron chi connectivity index (χ0n) is 15.2. The van der Waals surface area contributed by atoms with Crippen molar-refractivity contribution in [2.24, 2.45) is 0 Å². The number of nitrogens with zero attached hydrogens (tertiary/aromatic N) is 1. The van der Waals surface area contributed by atoms with Gasteiger partial charge in [0.1, 0.15) is 12.2 Å². The van der Waals surface area contributed by atoms with Crippen molar-refractivity contribution in [3.8, 4) is 23.1 Å².